The molecular weight excluding hydrogens is 621 g/mol. The summed E-state index contributed by atoms with van der Waals surface area (Å²) >= 11 is 9.43. The first-order valence-corrected chi connectivity index (χ1v) is 15.5. The van der Waals surface area contributed by atoms with Crippen LogP contribution in [0.3, 0.4) is 0 Å². The lowest BCUT2D eigenvalue weighted by atomic mass is 10.1. The molecule has 4 rings (SSSR count). The smallest absolute Gasteiger partial charge is 0.264 e. The maximum absolute atomic E-state index is 14.0. The molecule has 1 fully saturated rings. The number of amides is 2. The van der Waals surface area contributed by atoms with Crippen LogP contribution in [0, 0.1) is 5.82 Å². The third kappa shape index (κ3) is 7.21. The van der Waals surface area contributed by atoms with Gasteiger partial charge >= 0.3 is 0 Å². The molecule has 2 amide bonds. The Morgan fingerprint density at radius 1 is 1.05 bits per heavy atom. The lowest BCUT2D eigenvalue weighted by molar-refractivity contribution is -0.139. The van der Waals surface area contributed by atoms with Gasteiger partial charge in [-0.15, -0.1) is 0 Å². The number of sulfonamides is 1. The van der Waals surface area contributed by atoms with Crippen LogP contribution in [0.2, 0.25) is 5.02 Å². The molecule has 0 spiro atoms. The quantitative estimate of drug-likeness (QED) is 0.296. The van der Waals surface area contributed by atoms with E-state index in [4.69, 9.17) is 11.6 Å². The van der Waals surface area contributed by atoms with Gasteiger partial charge in [-0.25, -0.2) is 12.8 Å². The molecule has 0 bridgehead atoms. The molecule has 212 valence electrons. The van der Waals surface area contributed by atoms with E-state index in [1.807, 2.05) is 24.3 Å². The van der Waals surface area contributed by atoms with E-state index in [2.05, 4.69) is 21.2 Å². The zero-order valence-corrected chi connectivity index (χ0v) is 25.1. The molecule has 3 aromatic rings. The van der Waals surface area contributed by atoms with E-state index in [-0.39, 0.29) is 34.1 Å². The number of halogens is 3. The van der Waals surface area contributed by atoms with Gasteiger partial charge in [0.25, 0.3) is 10.0 Å². The molecule has 1 aliphatic rings. The van der Waals surface area contributed by atoms with Crippen LogP contribution in [0.5, 0.6) is 0 Å². The first-order chi connectivity index (χ1) is 19.1. The molecular formula is C29H30BrClFN3O4S. The van der Waals surface area contributed by atoms with E-state index in [0.717, 1.165) is 46.1 Å². The van der Waals surface area contributed by atoms with Crippen LogP contribution in [-0.4, -0.2) is 43.8 Å². The van der Waals surface area contributed by atoms with Crippen LogP contribution in [0.15, 0.2) is 82.2 Å². The van der Waals surface area contributed by atoms with Crippen molar-refractivity contribution in [1.29, 1.82) is 0 Å². The summed E-state index contributed by atoms with van der Waals surface area (Å²) in [7, 11) is -4.26. The highest BCUT2D eigenvalue weighted by atomic mass is 79.9. The Hall–Kier alpha value is -2.95. The second-order valence-corrected chi connectivity index (χ2v) is 12.9. The Morgan fingerprint density at radius 2 is 1.75 bits per heavy atom. The lowest BCUT2D eigenvalue weighted by Crippen LogP contribution is -2.52. The van der Waals surface area contributed by atoms with Gasteiger partial charge in [0.15, 0.2) is 0 Å². The van der Waals surface area contributed by atoms with Gasteiger partial charge in [-0.2, -0.15) is 0 Å². The van der Waals surface area contributed by atoms with Gasteiger partial charge in [0.05, 0.1) is 15.6 Å². The molecule has 7 nitrogen and oxygen atoms in total. The van der Waals surface area contributed by atoms with Crippen molar-refractivity contribution < 1.29 is 22.4 Å². The molecule has 1 atom stereocenters. The molecule has 0 aliphatic heterocycles. The summed E-state index contributed by atoms with van der Waals surface area (Å²) in [6.45, 7) is 1.07. The summed E-state index contributed by atoms with van der Waals surface area (Å²) in [5.74, 6) is -1.63. The number of hydrogen-bond acceptors (Lipinski definition) is 4. The maximum atomic E-state index is 14.0. The highest BCUT2D eigenvalue weighted by Gasteiger charge is 2.33. The van der Waals surface area contributed by atoms with Gasteiger partial charge in [0.2, 0.25) is 11.8 Å². The van der Waals surface area contributed by atoms with Crippen LogP contribution in [0.4, 0.5) is 10.1 Å². The Kier molecular flexibility index (Phi) is 9.86. The van der Waals surface area contributed by atoms with Crippen LogP contribution < -0.4 is 9.62 Å². The van der Waals surface area contributed by atoms with Crippen molar-refractivity contribution in [3.05, 3.63) is 93.7 Å². The SMILES string of the molecule is CC(C(=O)NC1CCCC1)N(Cc1cccc(Br)c1)C(=O)CN(c1ccc(F)c(Cl)c1)S(=O)(=O)c1ccccc1. The fraction of sp³-hybridized carbons (Fsp3) is 0.310. The zero-order chi connectivity index (χ0) is 28.9. The monoisotopic (exact) mass is 649 g/mol. The Morgan fingerprint density at radius 3 is 2.40 bits per heavy atom. The molecule has 0 aromatic heterocycles. The van der Waals surface area contributed by atoms with Crippen molar-refractivity contribution >= 4 is 55.1 Å². The van der Waals surface area contributed by atoms with Crippen molar-refractivity contribution in [1.82, 2.24) is 10.2 Å². The first kappa shape index (κ1) is 30.0. The maximum Gasteiger partial charge on any atom is 0.264 e. The molecule has 1 unspecified atom stereocenters. The summed E-state index contributed by atoms with van der Waals surface area (Å²) in [6.07, 6.45) is 3.83. The van der Waals surface area contributed by atoms with Crippen molar-refractivity contribution in [3.63, 3.8) is 0 Å². The highest BCUT2D eigenvalue weighted by molar-refractivity contribution is 9.10. The number of carbonyl (C=O) groups is 2. The number of nitrogens with zero attached hydrogens (tertiary/aromatic N) is 2. The first-order valence-electron chi connectivity index (χ1n) is 12.9. The number of anilines is 1. The van der Waals surface area contributed by atoms with E-state index in [9.17, 15) is 22.4 Å². The Labute approximate surface area is 247 Å². The van der Waals surface area contributed by atoms with Gasteiger partial charge in [0, 0.05) is 17.1 Å². The molecule has 1 N–H and O–H groups in total. The largest absolute Gasteiger partial charge is 0.352 e. The van der Waals surface area contributed by atoms with Gasteiger partial charge in [-0.1, -0.05) is 70.7 Å². The van der Waals surface area contributed by atoms with Gasteiger partial charge in [-0.05, 0) is 67.8 Å². The van der Waals surface area contributed by atoms with E-state index in [1.54, 1.807) is 25.1 Å². The predicted octanol–water partition coefficient (Wildman–Crippen LogP) is 5.91. The number of carbonyl (C=O) groups excluding carboxylic acids is 2. The summed E-state index contributed by atoms with van der Waals surface area (Å²) in [5.41, 5.74) is 0.777. The number of benzene rings is 3. The van der Waals surface area contributed by atoms with E-state index < -0.39 is 34.3 Å². The molecule has 0 heterocycles. The van der Waals surface area contributed by atoms with Gasteiger partial charge in [-0.3, -0.25) is 13.9 Å². The Balaban J connectivity index is 1.69. The number of nitrogens with one attached hydrogen (secondary N) is 1. The van der Waals surface area contributed by atoms with Crippen molar-refractivity contribution in [2.75, 3.05) is 10.8 Å². The molecule has 3 aromatic carbocycles. The molecule has 40 heavy (non-hydrogen) atoms. The van der Waals surface area contributed by atoms with Crippen molar-refractivity contribution in [2.24, 2.45) is 0 Å². The van der Waals surface area contributed by atoms with E-state index >= 15 is 0 Å². The fourth-order valence-electron chi connectivity index (χ4n) is 4.70. The number of rotatable bonds is 10. The summed E-state index contributed by atoms with van der Waals surface area (Å²) in [4.78, 5) is 28.5. The average molecular weight is 651 g/mol. The minimum Gasteiger partial charge on any atom is -0.352 e. The van der Waals surface area contributed by atoms with Gasteiger partial charge in [0.1, 0.15) is 18.4 Å². The minimum absolute atomic E-state index is 0.0223. The third-order valence-electron chi connectivity index (χ3n) is 6.91. The normalized spacial score (nSPS) is 14.5. The number of hydrogen-bond donors (Lipinski definition) is 1. The van der Waals surface area contributed by atoms with Crippen molar-refractivity contribution in [2.45, 2.75) is 56.1 Å². The predicted molar refractivity (Wildman–Crippen MR) is 157 cm³/mol. The summed E-state index contributed by atoms with van der Waals surface area (Å²) in [5, 5.41) is 2.75. The average Bonchev–Trinajstić information content (AvgIpc) is 3.45. The second-order valence-electron chi connectivity index (χ2n) is 9.74. The van der Waals surface area contributed by atoms with E-state index in [1.165, 1.54) is 29.2 Å². The van der Waals surface area contributed by atoms with E-state index in [0.29, 0.717) is 0 Å². The Bertz CT molecular complexity index is 1470. The molecule has 0 radical (unpaired) electrons. The zero-order valence-electron chi connectivity index (χ0n) is 21.9. The van der Waals surface area contributed by atoms with Crippen LogP contribution in [0.1, 0.15) is 38.2 Å². The molecule has 0 saturated heterocycles. The summed E-state index contributed by atoms with van der Waals surface area (Å²) < 4.78 is 43.2. The third-order valence-corrected chi connectivity index (χ3v) is 9.48. The topological polar surface area (TPSA) is 86.8 Å². The second kappa shape index (κ2) is 13.1. The lowest BCUT2D eigenvalue weighted by Gasteiger charge is -2.32. The molecule has 1 aliphatic carbocycles. The fourth-order valence-corrected chi connectivity index (χ4v) is 6.74. The van der Waals surface area contributed by atoms with Crippen molar-refractivity contribution in [3.8, 4) is 0 Å². The van der Waals surface area contributed by atoms with Crippen LogP contribution in [0.25, 0.3) is 0 Å². The molecule has 1 saturated carbocycles. The highest BCUT2D eigenvalue weighted by Crippen LogP contribution is 2.28. The van der Waals surface area contributed by atoms with Gasteiger partial charge < -0.3 is 10.2 Å². The van der Waals surface area contributed by atoms with Crippen LogP contribution >= 0.6 is 27.5 Å². The van der Waals surface area contributed by atoms with Crippen LogP contribution in [-0.2, 0) is 26.2 Å². The minimum atomic E-state index is -4.26. The standard InChI is InChI=1S/C29H30BrClFN3O4S/c1-20(29(37)33-23-10-5-6-11-23)34(18-21-8-7-9-22(30)16-21)28(36)19-35(24-14-15-27(32)26(31)17-24)40(38,39)25-12-3-2-4-13-25/h2-4,7-9,12-17,20,23H,5-6,10-11,18-19H2,1H3,(H,33,37). The summed E-state index contributed by atoms with van der Waals surface area (Å²) in [6, 6.07) is 17.6. The molecule has 11 heteroatoms.